The standard InChI is InChI=1S/C7H15NO5/c8-7-6(12)5(11)4(10)3(1-9)2-13-7/h3-7,9-12H,1-2,8H2/t3?,4-,5?,6?,7-/m1/s1. The third-order valence-electron chi connectivity index (χ3n) is 2.26. The van der Waals surface area contributed by atoms with Crippen LogP contribution >= 0.6 is 0 Å². The molecule has 0 amide bonds. The Balaban J connectivity index is 2.69. The lowest BCUT2D eigenvalue weighted by Crippen LogP contribution is -2.48. The lowest BCUT2D eigenvalue weighted by molar-refractivity contribution is -0.0947. The molecule has 0 aliphatic carbocycles. The second kappa shape index (κ2) is 4.32. The fourth-order valence-corrected chi connectivity index (χ4v) is 1.27. The first-order chi connectivity index (χ1) is 6.07. The fraction of sp³-hybridized carbons (Fsp3) is 1.00. The molecule has 0 aromatic heterocycles. The normalized spacial score (nSPS) is 47.3. The van der Waals surface area contributed by atoms with Crippen molar-refractivity contribution in [2.24, 2.45) is 11.7 Å². The van der Waals surface area contributed by atoms with Crippen LogP contribution in [0.2, 0.25) is 0 Å². The van der Waals surface area contributed by atoms with Gasteiger partial charge in [-0.15, -0.1) is 0 Å². The predicted molar refractivity (Wildman–Crippen MR) is 42.5 cm³/mol. The summed E-state index contributed by atoms with van der Waals surface area (Å²) >= 11 is 0. The minimum absolute atomic E-state index is 0.0208. The van der Waals surface area contributed by atoms with Gasteiger partial charge in [-0.3, -0.25) is 0 Å². The molecule has 0 aromatic rings. The zero-order valence-electron chi connectivity index (χ0n) is 7.08. The Labute approximate surface area is 75.6 Å². The highest BCUT2D eigenvalue weighted by Gasteiger charge is 2.38. The average Bonchev–Trinajstić information content (AvgIpc) is 2.22. The van der Waals surface area contributed by atoms with Gasteiger partial charge in [-0.1, -0.05) is 0 Å². The van der Waals surface area contributed by atoms with Crippen molar-refractivity contribution in [1.82, 2.24) is 0 Å². The van der Waals surface area contributed by atoms with Crippen LogP contribution in [0.5, 0.6) is 0 Å². The monoisotopic (exact) mass is 193 g/mol. The summed E-state index contributed by atoms with van der Waals surface area (Å²) < 4.78 is 4.91. The zero-order valence-corrected chi connectivity index (χ0v) is 7.08. The predicted octanol–water partition coefficient (Wildman–Crippen LogP) is -3.01. The largest absolute Gasteiger partial charge is 0.396 e. The Kier molecular flexibility index (Phi) is 3.60. The van der Waals surface area contributed by atoms with E-state index in [4.69, 9.17) is 15.6 Å². The highest BCUT2D eigenvalue weighted by atomic mass is 16.5. The van der Waals surface area contributed by atoms with Gasteiger partial charge in [-0.05, 0) is 0 Å². The number of rotatable bonds is 1. The highest BCUT2D eigenvalue weighted by molar-refractivity contribution is 4.86. The molecule has 6 nitrogen and oxygen atoms in total. The maximum absolute atomic E-state index is 9.40. The maximum atomic E-state index is 9.40. The molecule has 1 rings (SSSR count). The van der Waals surface area contributed by atoms with Crippen LogP contribution in [0.3, 0.4) is 0 Å². The van der Waals surface area contributed by atoms with Crippen molar-refractivity contribution in [2.45, 2.75) is 24.5 Å². The van der Waals surface area contributed by atoms with Crippen molar-refractivity contribution < 1.29 is 25.2 Å². The van der Waals surface area contributed by atoms with Gasteiger partial charge >= 0.3 is 0 Å². The number of hydrogen-bond acceptors (Lipinski definition) is 6. The Morgan fingerprint density at radius 2 is 1.77 bits per heavy atom. The first kappa shape index (κ1) is 10.8. The zero-order chi connectivity index (χ0) is 10.0. The molecule has 6 heteroatoms. The lowest BCUT2D eigenvalue weighted by atomic mass is 9.97. The van der Waals surface area contributed by atoms with Crippen LogP contribution in [0.1, 0.15) is 0 Å². The van der Waals surface area contributed by atoms with E-state index in [-0.39, 0.29) is 13.2 Å². The minimum atomic E-state index is -1.38. The van der Waals surface area contributed by atoms with Gasteiger partial charge in [-0.25, -0.2) is 0 Å². The molecule has 0 saturated carbocycles. The van der Waals surface area contributed by atoms with Crippen LogP contribution in [0.25, 0.3) is 0 Å². The van der Waals surface area contributed by atoms with Crippen molar-refractivity contribution >= 4 is 0 Å². The first-order valence-electron chi connectivity index (χ1n) is 4.10. The molecule has 1 heterocycles. The van der Waals surface area contributed by atoms with Gasteiger partial charge < -0.3 is 30.9 Å². The quantitative estimate of drug-likeness (QED) is 0.303. The van der Waals surface area contributed by atoms with E-state index in [0.29, 0.717) is 0 Å². The van der Waals surface area contributed by atoms with Gasteiger partial charge in [0.1, 0.15) is 18.4 Å². The van der Waals surface area contributed by atoms with Gasteiger partial charge in [0.2, 0.25) is 0 Å². The topological polar surface area (TPSA) is 116 Å². The molecule has 1 aliphatic rings. The minimum Gasteiger partial charge on any atom is -0.396 e. The van der Waals surface area contributed by atoms with Gasteiger partial charge in [0.15, 0.2) is 0 Å². The molecule has 1 fully saturated rings. The third kappa shape index (κ3) is 2.16. The lowest BCUT2D eigenvalue weighted by Gasteiger charge is -2.23. The number of aliphatic hydroxyl groups excluding tert-OH is 4. The Morgan fingerprint density at radius 3 is 2.31 bits per heavy atom. The van der Waals surface area contributed by atoms with Crippen molar-refractivity contribution in [2.75, 3.05) is 13.2 Å². The van der Waals surface area contributed by atoms with Gasteiger partial charge in [-0.2, -0.15) is 0 Å². The molecule has 6 N–H and O–H groups in total. The highest BCUT2D eigenvalue weighted by Crippen LogP contribution is 2.17. The first-order valence-corrected chi connectivity index (χ1v) is 4.10. The third-order valence-corrected chi connectivity index (χ3v) is 2.26. The van der Waals surface area contributed by atoms with Crippen LogP contribution in [0.4, 0.5) is 0 Å². The summed E-state index contributed by atoms with van der Waals surface area (Å²) in [5.74, 6) is -0.613. The molecule has 13 heavy (non-hydrogen) atoms. The summed E-state index contributed by atoms with van der Waals surface area (Å²) in [6.45, 7) is -0.301. The van der Waals surface area contributed by atoms with Crippen molar-refractivity contribution in [1.29, 1.82) is 0 Å². The summed E-state index contributed by atoms with van der Waals surface area (Å²) in [6, 6.07) is 0. The summed E-state index contributed by atoms with van der Waals surface area (Å²) in [5.41, 5.74) is 5.32. The van der Waals surface area contributed by atoms with Crippen LogP contribution in [0.15, 0.2) is 0 Å². The molecular weight excluding hydrogens is 178 g/mol. The van der Waals surface area contributed by atoms with Gasteiger partial charge in [0.05, 0.1) is 19.3 Å². The van der Waals surface area contributed by atoms with Gasteiger partial charge in [0.25, 0.3) is 0 Å². The SMILES string of the molecule is N[C@@H]1OCC(CO)[C@@H](O)C(O)C1O. The molecule has 1 aliphatic heterocycles. The molecule has 0 radical (unpaired) electrons. The molecule has 0 bridgehead atoms. The fourth-order valence-electron chi connectivity index (χ4n) is 1.27. The van der Waals surface area contributed by atoms with Gasteiger partial charge in [0, 0.05) is 5.92 Å². The van der Waals surface area contributed by atoms with Crippen molar-refractivity contribution in [3.63, 3.8) is 0 Å². The number of ether oxygens (including phenoxy) is 1. The maximum Gasteiger partial charge on any atom is 0.134 e. The van der Waals surface area contributed by atoms with Crippen molar-refractivity contribution in [3.8, 4) is 0 Å². The average molecular weight is 193 g/mol. The molecule has 3 unspecified atom stereocenters. The molecule has 1 saturated heterocycles. The number of nitrogens with two attached hydrogens (primary N) is 1. The van der Waals surface area contributed by atoms with E-state index in [2.05, 4.69) is 0 Å². The Hall–Kier alpha value is -0.240. The smallest absolute Gasteiger partial charge is 0.134 e. The van der Waals surface area contributed by atoms with E-state index < -0.39 is 30.5 Å². The summed E-state index contributed by atoms with van der Waals surface area (Å²) in [7, 11) is 0. The second-order valence-electron chi connectivity index (χ2n) is 3.21. The molecule has 5 atom stereocenters. The second-order valence-corrected chi connectivity index (χ2v) is 3.21. The number of aliphatic hydroxyl groups is 4. The van der Waals surface area contributed by atoms with E-state index in [1.807, 2.05) is 0 Å². The molecule has 0 spiro atoms. The summed E-state index contributed by atoms with van der Waals surface area (Å²) in [6.07, 6.45) is -4.95. The van der Waals surface area contributed by atoms with E-state index in [9.17, 15) is 15.3 Å². The molecular formula is C7H15NO5. The molecule has 0 aromatic carbocycles. The summed E-state index contributed by atoms with van der Waals surface area (Å²) in [4.78, 5) is 0. The van der Waals surface area contributed by atoms with E-state index >= 15 is 0 Å². The van der Waals surface area contributed by atoms with E-state index in [1.165, 1.54) is 0 Å². The van der Waals surface area contributed by atoms with Crippen LogP contribution in [-0.4, -0.2) is 58.2 Å². The van der Waals surface area contributed by atoms with E-state index in [0.717, 1.165) is 0 Å². The summed E-state index contributed by atoms with van der Waals surface area (Å²) in [5, 5.41) is 36.8. The number of hydrogen-bond donors (Lipinski definition) is 5. The Morgan fingerprint density at radius 1 is 1.15 bits per heavy atom. The van der Waals surface area contributed by atoms with Crippen molar-refractivity contribution in [3.05, 3.63) is 0 Å². The van der Waals surface area contributed by atoms with E-state index in [1.54, 1.807) is 0 Å². The van der Waals surface area contributed by atoms with Crippen LogP contribution < -0.4 is 5.73 Å². The van der Waals surface area contributed by atoms with Crippen LogP contribution in [-0.2, 0) is 4.74 Å². The molecule has 78 valence electrons. The van der Waals surface area contributed by atoms with Crippen LogP contribution in [0, 0.1) is 5.92 Å². The Bertz CT molecular complexity index is 165.